The van der Waals surface area contributed by atoms with Crippen LogP contribution in [-0.4, -0.2) is 30.7 Å². The summed E-state index contributed by atoms with van der Waals surface area (Å²) in [5.74, 6) is -1.27. The van der Waals surface area contributed by atoms with Gasteiger partial charge >= 0.3 is 5.97 Å². The van der Waals surface area contributed by atoms with Crippen LogP contribution in [0, 0.1) is 3.57 Å². The molecule has 0 aromatic heterocycles. The first kappa shape index (κ1) is 12.9. The highest BCUT2D eigenvalue weighted by Gasteiger charge is 2.08. The second-order valence-corrected chi connectivity index (χ2v) is 4.14. The molecule has 0 saturated carbocycles. The van der Waals surface area contributed by atoms with Crippen molar-refractivity contribution in [3.05, 3.63) is 27.3 Å². The Bertz CT molecular complexity index is 419. The highest BCUT2D eigenvalue weighted by molar-refractivity contribution is 14.1. The summed E-state index contributed by atoms with van der Waals surface area (Å²) in [6, 6.07) is 4.48. The number of carboxylic acid groups (broad SMARTS) is 1. The van der Waals surface area contributed by atoms with Crippen molar-refractivity contribution in [3.63, 3.8) is 0 Å². The Labute approximate surface area is 106 Å². The molecule has 0 fully saturated rings. The Morgan fingerprint density at radius 2 is 2.19 bits per heavy atom. The number of carboxylic acids is 1. The van der Waals surface area contributed by atoms with E-state index in [0.717, 1.165) is 0 Å². The summed E-state index contributed by atoms with van der Waals surface area (Å²) in [6.45, 7) is -0.0310. The molecule has 0 saturated heterocycles. The molecule has 5 nitrogen and oxygen atoms in total. The predicted molar refractivity (Wildman–Crippen MR) is 66.6 cm³/mol. The molecule has 86 valence electrons. The molecule has 1 aromatic rings. The van der Waals surface area contributed by atoms with E-state index in [4.69, 9.17) is 5.11 Å². The van der Waals surface area contributed by atoms with Crippen LogP contribution in [0.2, 0.25) is 0 Å². The van der Waals surface area contributed by atoms with E-state index in [1.807, 2.05) is 22.6 Å². The maximum atomic E-state index is 11.2. The Morgan fingerprint density at radius 1 is 1.50 bits per heavy atom. The molecule has 2 N–H and O–H groups in total. The summed E-state index contributed by atoms with van der Waals surface area (Å²) in [7, 11) is 1.43. The van der Waals surface area contributed by atoms with Crippen LogP contribution in [-0.2, 0) is 9.53 Å². The number of anilines is 1. The van der Waals surface area contributed by atoms with Gasteiger partial charge in [0.25, 0.3) is 0 Å². The molecule has 0 radical (unpaired) electrons. The highest BCUT2D eigenvalue weighted by atomic mass is 127. The number of halogens is 1. The molecular formula is C10H10INO4. The Morgan fingerprint density at radius 3 is 2.69 bits per heavy atom. The molecule has 0 heterocycles. The number of nitrogens with one attached hydrogen (secondary N) is 1. The third-order valence-corrected chi connectivity index (χ3v) is 2.66. The number of rotatable bonds is 4. The second-order valence-electron chi connectivity index (χ2n) is 2.98. The zero-order valence-electron chi connectivity index (χ0n) is 8.49. The van der Waals surface area contributed by atoms with E-state index in [1.165, 1.54) is 19.2 Å². The van der Waals surface area contributed by atoms with Gasteiger partial charge in [-0.25, -0.2) is 4.79 Å². The standard InChI is InChI=1S/C10H10INO4/c1-16-5-9(13)12-8-3-2-6(10(14)15)4-7(8)11/h2-4H,5H2,1H3,(H,12,13)(H,14,15). The second kappa shape index (κ2) is 5.80. The van der Waals surface area contributed by atoms with Crippen molar-refractivity contribution < 1.29 is 19.4 Å². The van der Waals surface area contributed by atoms with E-state index >= 15 is 0 Å². The molecule has 6 heteroatoms. The largest absolute Gasteiger partial charge is 0.478 e. The first-order chi connectivity index (χ1) is 7.54. The Kier molecular flexibility index (Phi) is 4.69. The average molecular weight is 335 g/mol. The molecule has 0 aliphatic rings. The monoisotopic (exact) mass is 335 g/mol. The lowest BCUT2D eigenvalue weighted by molar-refractivity contribution is -0.119. The van der Waals surface area contributed by atoms with Crippen molar-refractivity contribution in [2.24, 2.45) is 0 Å². The van der Waals surface area contributed by atoms with Crippen LogP contribution in [0.5, 0.6) is 0 Å². The van der Waals surface area contributed by atoms with Gasteiger partial charge in [0.2, 0.25) is 5.91 Å². The maximum absolute atomic E-state index is 11.2. The number of aromatic carboxylic acids is 1. The van der Waals surface area contributed by atoms with E-state index in [2.05, 4.69) is 10.1 Å². The number of carbonyl (C=O) groups excluding carboxylic acids is 1. The van der Waals surface area contributed by atoms with E-state index in [0.29, 0.717) is 9.26 Å². The van der Waals surface area contributed by atoms with Gasteiger partial charge < -0.3 is 15.2 Å². The van der Waals surface area contributed by atoms with Crippen molar-refractivity contribution >= 4 is 40.2 Å². The summed E-state index contributed by atoms with van der Waals surface area (Å²) in [4.78, 5) is 21.9. The van der Waals surface area contributed by atoms with Crippen LogP contribution in [0.1, 0.15) is 10.4 Å². The summed E-state index contributed by atoms with van der Waals surface area (Å²) in [6.07, 6.45) is 0. The van der Waals surface area contributed by atoms with Gasteiger partial charge in [0, 0.05) is 10.7 Å². The van der Waals surface area contributed by atoms with Gasteiger partial charge in [-0.3, -0.25) is 4.79 Å². The average Bonchev–Trinajstić information content (AvgIpc) is 2.21. The predicted octanol–water partition coefficient (Wildman–Crippen LogP) is 1.57. The van der Waals surface area contributed by atoms with Gasteiger partial charge in [-0.15, -0.1) is 0 Å². The fraction of sp³-hybridized carbons (Fsp3) is 0.200. The Balaban J connectivity index is 2.83. The van der Waals surface area contributed by atoms with E-state index in [9.17, 15) is 9.59 Å². The zero-order valence-corrected chi connectivity index (χ0v) is 10.6. The minimum absolute atomic E-state index is 0.0310. The van der Waals surface area contributed by atoms with Gasteiger partial charge in [-0.05, 0) is 40.8 Å². The van der Waals surface area contributed by atoms with Gasteiger partial charge in [-0.2, -0.15) is 0 Å². The summed E-state index contributed by atoms with van der Waals surface area (Å²) in [5, 5.41) is 11.4. The van der Waals surface area contributed by atoms with E-state index in [1.54, 1.807) is 6.07 Å². The number of hydrogen-bond acceptors (Lipinski definition) is 3. The van der Waals surface area contributed by atoms with Crippen molar-refractivity contribution in [3.8, 4) is 0 Å². The van der Waals surface area contributed by atoms with Gasteiger partial charge in [-0.1, -0.05) is 0 Å². The fourth-order valence-corrected chi connectivity index (χ4v) is 1.72. The van der Waals surface area contributed by atoms with Gasteiger partial charge in [0.05, 0.1) is 11.3 Å². The SMILES string of the molecule is COCC(=O)Nc1ccc(C(=O)O)cc1I. The fourth-order valence-electron chi connectivity index (χ4n) is 1.07. The highest BCUT2D eigenvalue weighted by Crippen LogP contribution is 2.19. The van der Waals surface area contributed by atoms with Crippen molar-refractivity contribution in [1.29, 1.82) is 0 Å². The Hall–Kier alpha value is -1.15. The number of benzene rings is 1. The summed E-state index contributed by atoms with van der Waals surface area (Å²) in [5.41, 5.74) is 0.766. The quantitative estimate of drug-likeness (QED) is 0.819. The molecule has 0 aliphatic heterocycles. The number of carbonyl (C=O) groups is 2. The molecule has 1 rings (SSSR count). The van der Waals surface area contributed by atoms with Crippen LogP contribution in [0.15, 0.2) is 18.2 Å². The third-order valence-electron chi connectivity index (χ3n) is 1.77. The smallest absolute Gasteiger partial charge is 0.335 e. The number of methoxy groups -OCH3 is 1. The molecule has 0 aliphatic carbocycles. The van der Waals surface area contributed by atoms with Crippen molar-refractivity contribution in [2.75, 3.05) is 19.0 Å². The molecular weight excluding hydrogens is 325 g/mol. The lowest BCUT2D eigenvalue weighted by Gasteiger charge is -2.07. The van der Waals surface area contributed by atoms with E-state index < -0.39 is 5.97 Å². The third kappa shape index (κ3) is 3.46. The topological polar surface area (TPSA) is 75.6 Å². The molecule has 1 amide bonds. The molecule has 0 atom stereocenters. The molecule has 0 bridgehead atoms. The number of ether oxygens (including phenoxy) is 1. The minimum Gasteiger partial charge on any atom is -0.478 e. The van der Waals surface area contributed by atoms with E-state index in [-0.39, 0.29) is 18.1 Å². The molecule has 16 heavy (non-hydrogen) atoms. The normalized spacial score (nSPS) is 9.88. The lowest BCUT2D eigenvalue weighted by Crippen LogP contribution is -2.17. The van der Waals surface area contributed by atoms with Crippen LogP contribution in [0.4, 0.5) is 5.69 Å². The first-order valence-corrected chi connectivity index (χ1v) is 5.44. The minimum atomic E-state index is -0.993. The lowest BCUT2D eigenvalue weighted by atomic mass is 10.2. The van der Waals surface area contributed by atoms with Crippen LogP contribution in [0.25, 0.3) is 0 Å². The zero-order chi connectivity index (χ0) is 12.1. The first-order valence-electron chi connectivity index (χ1n) is 4.36. The summed E-state index contributed by atoms with van der Waals surface area (Å²) >= 11 is 1.96. The number of amides is 1. The van der Waals surface area contributed by atoms with Crippen LogP contribution in [0.3, 0.4) is 0 Å². The molecule has 1 aromatic carbocycles. The number of hydrogen-bond donors (Lipinski definition) is 2. The molecule has 0 spiro atoms. The summed E-state index contributed by atoms with van der Waals surface area (Å²) < 4.78 is 5.34. The van der Waals surface area contributed by atoms with Crippen molar-refractivity contribution in [2.45, 2.75) is 0 Å². The van der Waals surface area contributed by atoms with Crippen molar-refractivity contribution in [1.82, 2.24) is 0 Å². The van der Waals surface area contributed by atoms with Gasteiger partial charge in [0.15, 0.2) is 0 Å². The van der Waals surface area contributed by atoms with Crippen LogP contribution < -0.4 is 5.32 Å². The van der Waals surface area contributed by atoms with Gasteiger partial charge in [0.1, 0.15) is 6.61 Å². The van der Waals surface area contributed by atoms with Crippen LogP contribution >= 0.6 is 22.6 Å². The molecule has 0 unspecified atom stereocenters. The maximum Gasteiger partial charge on any atom is 0.335 e.